The number of carbonyl (C=O) groups excluding carboxylic acids is 2. The molecule has 1 aromatic carbocycles. The molecule has 0 spiro atoms. The van der Waals surface area contributed by atoms with Gasteiger partial charge in [0.05, 0.1) is 15.2 Å². The van der Waals surface area contributed by atoms with Crippen LogP contribution in [0.25, 0.3) is 10.2 Å². The summed E-state index contributed by atoms with van der Waals surface area (Å²) in [5.41, 5.74) is 2.16. The van der Waals surface area contributed by atoms with Crippen LogP contribution >= 0.6 is 11.3 Å². The number of fused-ring (bicyclic) bond motifs is 1. The van der Waals surface area contributed by atoms with Crippen molar-refractivity contribution in [3.8, 4) is 6.07 Å². The van der Waals surface area contributed by atoms with Gasteiger partial charge in [0.25, 0.3) is 5.91 Å². The number of nitrogens with zero attached hydrogens (tertiary/aromatic N) is 2. The van der Waals surface area contributed by atoms with Crippen molar-refractivity contribution < 1.29 is 9.59 Å². The Kier molecular flexibility index (Phi) is 9.02. The van der Waals surface area contributed by atoms with Crippen molar-refractivity contribution in [2.75, 3.05) is 6.54 Å². The van der Waals surface area contributed by atoms with E-state index in [9.17, 15) is 9.59 Å². The molecule has 1 saturated carbocycles. The average Bonchev–Trinajstić information content (AvgIpc) is 3.23. The molecule has 0 saturated heterocycles. The van der Waals surface area contributed by atoms with Gasteiger partial charge in [0, 0.05) is 25.4 Å². The Balaban J connectivity index is 1.57. The van der Waals surface area contributed by atoms with Gasteiger partial charge in [0.2, 0.25) is 5.91 Å². The number of carbonyl (C=O) groups is 2. The first-order valence-electron chi connectivity index (χ1n) is 11.9. The lowest BCUT2D eigenvalue weighted by molar-refractivity contribution is -0.122. The van der Waals surface area contributed by atoms with E-state index in [4.69, 9.17) is 5.26 Å². The fourth-order valence-electron chi connectivity index (χ4n) is 4.37. The zero-order valence-corrected chi connectivity index (χ0v) is 20.5. The summed E-state index contributed by atoms with van der Waals surface area (Å²) in [7, 11) is 0. The standard InChI is InChI=1S/C26H34N4O2S/c1-17(2)20-9-10-22-23(14-20)33-25(30-22)12-11-24(31)29-21(13-19-7-5-4-6-8-19)16-28-26(32)18(3)15-27/h9-10,14,17,19,21H,3-8,11-13,16H2,1-2H3,(H,28,32)(H,29,31). The zero-order chi connectivity index (χ0) is 23.8. The van der Waals surface area contributed by atoms with Crippen molar-refractivity contribution in [2.24, 2.45) is 5.92 Å². The van der Waals surface area contributed by atoms with Crippen molar-refractivity contribution >= 4 is 33.4 Å². The van der Waals surface area contributed by atoms with Crippen LogP contribution in [0.1, 0.15) is 75.3 Å². The first-order valence-corrected chi connectivity index (χ1v) is 12.7. The van der Waals surface area contributed by atoms with Crippen LogP contribution in [-0.2, 0) is 16.0 Å². The van der Waals surface area contributed by atoms with Gasteiger partial charge in [-0.05, 0) is 36.0 Å². The monoisotopic (exact) mass is 466 g/mol. The molecule has 3 rings (SSSR count). The van der Waals surface area contributed by atoms with Crippen molar-refractivity contribution in [1.29, 1.82) is 5.26 Å². The first-order chi connectivity index (χ1) is 15.9. The van der Waals surface area contributed by atoms with Gasteiger partial charge in [-0.25, -0.2) is 4.98 Å². The predicted octanol–water partition coefficient (Wildman–Crippen LogP) is 5.00. The van der Waals surface area contributed by atoms with E-state index in [0.29, 0.717) is 31.2 Å². The molecule has 0 bridgehead atoms. The summed E-state index contributed by atoms with van der Waals surface area (Å²) in [4.78, 5) is 29.4. The van der Waals surface area contributed by atoms with Crippen molar-refractivity contribution in [2.45, 2.75) is 77.2 Å². The van der Waals surface area contributed by atoms with Crippen LogP contribution in [-0.4, -0.2) is 29.4 Å². The SMILES string of the molecule is C=C(C#N)C(=O)NCC(CC1CCCCC1)NC(=O)CCc1nc2ccc(C(C)C)cc2s1. The van der Waals surface area contributed by atoms with Gasteiger partial charge in [0.1, 0.15) is 11.6 Å². The van der Waals surface area contributed by atoms with E-state index in [-0.39, 0.29) is 17.5 Å². The third-order valence-electron chi connectivity index (χ3n) is 6.32. The molecule has 7 heteroatoms. The minimum atomic E-state index is -0.476. The summed E-state index contributed by atoms with van der Waals surface area (Å²) in [6.07, 6.45) is 7.83. The molecule has 176 valence electrons. The van der Waals surface area contributed by atoms with Gasteiger partial charge < -0.3 is 10.6 Å². The number of benzene rings is 1. The average molecular weight is 467 g/mol. The molecule has 1 atom stereocenters. The maximum atomic E-state index is 12.7. The van der Waals surface area contributed by atoms with Crippen LogP contribution in [0.3, 0.4) is 0 Å². The summed E-state index contributed by atoms with van der Waals surface area (Å²) < 4.78 is 1.16. The summed E-state index contributed by atoms with van der Waals surface area (Å²) in [5, 5.41) is 15.7. The number of aryl methyl sites for hydroxylation is 1. The second-order valence-electron chi connectivity index (χ2n) is 9.29. The number of amides is 2. The fraction of sp³-hybridized carbons (Fsp3) is 0.538. The molecule has 2 aromatic rings. The predicted molar refractivity (Wildman–Crippen MR) is 133 cm³/mol. The van der Waals surface area contributed by atoms with Crippen LogP contribution < -0.4 is 10.6 Å². The maximum absolute atomic E-state index is 12.7. The minimum Gasteiger partial charge on any atom is -0.352 e. The molecule has 1 aromatic heterocycles. The molecule has 1 aliphatic carbocycles. The van der Waals surface area contributed by atoms with E-state index >= 15 is 0 Å². The van der Waals surface area contributed by atoms with Crippen molar-refractivity contribution in [3.05, 3.63) is 40.9 Å². The van der Waals surface area contributed by atoms with E-state index < -0.39 is 5.91 Å². The van der Waals surface area contributed by atoms with Gasteiger partial charge in [-0.15, -0.1) is 11.3 Å². The molecule has 0 radical (unpaired) electrons. The highest BCUT2D eigenvalue weighted by atomic mass is 32.1. The summed E-state index contributed by atoms with van der Waals surface area (Å²) in [6, 6.07) is 7.99. The zero-order valence-electron chi connectivity index (χ0n) is 19.7. The highest BCUT2D eigenvalue weighted by Crippen LogP contribution is 2.28. The third-order valence-corrected chi connectivity index (χ3v) is 7.39. The Labute approximate surface area is 200 Å². The lowest BCUT2D eigenvalue weighted by Gasteiger charge is -2.27. The van der Waals surface area contributed by atoms with E-state index in [1.165, 1.54) is 24.8 Å². The number of thiazole rings is 1. The molecular weight excluding hydrogens is 432 g/mol. The molecule has 1 fully saturated rings. The van der Waals surface area contributed by atoms with Crippen molar-refractivity contribution in [1.82, 2.24) is 15.6 Å². The van der Waals surface area contributed by atoms with Crippen LogP contribution in [0.5, 0.6) is 0 Å². The van der Waals surface area contributed by atoms with Gasteiger partial charge >= 0.3 is 0 Å². The normalized spacial score (nSPS) is 15.2. The molecule has 2 amide bonds. The summed E-state index contributed by atoms with van der Waals surface area (Å²) in [6.45, 7) is 8.12. The Morgan fingerprint density at radius 1 is 1.27 bits per heavy atom. The van der Waals surface area contributed by atoms with Gasteiger partial charge in [0.15, 0.2) is 0 Å². The third kappa shape index (κ3) is 7.40. The molecular formula is C26H34N4O2S. The number of aromatic nitrogens is 1. The molecule has 2 N–H and O–H groups in total. The number of nitriles is 1. The van der Waals surface area contributed by atoms with Crippen LogP contribution in [0.4, 0.5) is 0 Å². The Morgan fingerprint density at radius 3 is 2.73 bits per heavy atom. The number of rotatable bonds is 10. The first kappa shape index (κ1) is 24.9. The Morgan fingerprint density at radius 2 is 2.03 bits per heavy atom. The van der Waals surface area contributed by atoms with E-state index in [2.05, 4.69) is 54.2 Å². The van der Waals surface area contributed by atoms with Crippen molar-refractivity contribution in [3.63, 3.8) is 0 Å². The topological polar surface area (TPSA) is 94.9 Å². The Hall–Kier alpha value is -2.72. The van der Waals surface area contributed by atoms with E-state index in [1.54, 1.807) is 17.4 Å². The molecule has 1 heterocycles. The molecule has 1 aliphatic rings. The number of hydrogen-bond acceptors (Lipinski definition) is 5. The largest absolute Gasteiger partial charge is 0.352 e. The lowest BCUT2D eigenvalue weighted by atomic mass is 9.84. The van der Waals surface area contributed by atoms with E-state index in [0.717, 1.165) is 34.5 Å². The van der Waals surface area contributed by atoms with Crippen LogP contribution in [0.2, 0.25) is 0 Å². The van der Waals surface area contributed by atoms with Crippen LogP contribution in [0, 0.1) is 17.2 Å². The summed E-state index contributed by atoms with van der Waals surface area (Å²) in [5.74, 6) is 0.513. The number of nitrogens with one attached hydrogen (secondary N) is 2. The summed E-state index contributed by atoms with van der Waals surface area (Å²) >= 11 is 1.65. The lowest BCUT2D eigenvalue weighted by Crippen LogP contribution is -2.45. The quantitative estimate of drug-likeness (QED) is 0.380. The smallest absolute Gasteiger partial charge is 0.261 e. The van der Waals surface area contributed by atoms with Gasteiger partial charge in [-0.1, -0.05) is 58.6 Å². The maximum Gasteiger partial charge on any atom is 0.261 e. The molecule has 0 aliphatic heterocycles. The van der Waals surface area contributed by atoms with E-state index in [1.807, 2.05) is 0 Å². The second-order valence-corrected chi connectivity index (χ2v) is 10.4. The highest BCUT2D eigenvalue weighted by Gasteiger charge is 2.21. The minimum absolute atomic E-state index is 0.0358. The van der Waals surface area contributed by atoms with Gasteiger partial charge in [-0.3, -0.25) is 9.59 Å². The fourth-order valence-corrected chi connectivity index (χ4v) is 5.38. The Bertz CT molecular complexity index is 1030. The highest BCUT2D eigenvalue weighted by molar-refractivity contribution is 7.18. The second kappa shape index (κ2) is 11.9. The van der Waals surface area contributed by atoms with Crippen LogP contribution in [0.15, 0.2) is 30.4 Å². The van der Waals surface area contributed by atoms with Gasteiger partial charge in [-0.2, -0.15) is 5.26 Å². The molecule has 1 unspecified atom stereocenters. The molecule has 6 nitrogen and oxygen atoms in total. The number of hydrogen-bond donors (Lipinski definition) is 2. The molecule has 33 heavy (non-hydrogen) atoms.